The number of aryl methyl sites for hydroxylation is 1. The van der Waals surface area contributed by atoms with Crippen molar-refractivity contribution in [1.29, 1.82) is 0 Å². The molecule has 2 atom stereocenters. The molecule has 0 radical (unpaired) electrons. The number of hydrogen-bond donors (Lipinski definition) is 1. The van der Waals surface area contributed by atoms with Crippen molar-refractivity contribution in [1.82, 2.24) is 20.4 Å². The number of alkyl halides is 3. The van der Waals surface area contributed by atoms with Gasteiger partial charge in [-0.1, -0.05) is 16.7 Å². The van der Waals surface area contributed by atoms with Crippen LogP contribution >= 0.6 is 11.6 Å². The lowest BCUT2D eigenvalue weighted by Gasteiger charge is -2.38. The van der Waals surface area contributed by atoms with Crippen molar-refractivity contribution in [3.05, 3.63) is 40.2 Å². The van der Waals surface area contributed by atoms with Gasteiger partial charge in [-0.3, -0.25) is 14.4 Å². The predicted octanol–water partition coefficient (Wildman–Crippen LogP) is 4.82. The number of likely N-dealkylation sites (tertiary alicyclic amines) is 1. The summed E-state index contributed by atoms with van der Waals surface area (Å²) in [5.74, 6) is -0.294. The Labute approximate surface area is 216 Å². The lowest BCUT2D eigenvalue weighted by molar-refractivity contribution is -0.325. The zero-order chi connectivity index (χ0) is 27.4. The number of carbonyl (C=O) groups is 2. The molecule has 10 nitrogen and oxygen atoms in total. The molecule has 2 aromatic rings. The van der Waals surface area contributed by atoms with E-state index in [1.807, 2.05) is 0 Å². The van der Waals surface area contributed by atoms with E-state index < -0.39 is 43.4 Å². The van der Waals surface area contributed by atoms with Gasteiger partial charge in [0.15, 0.2) is 0 Å². The SMILES string of the molecule is Cc1cc(C(=O)NC2CC[C@@H](c3nnc(OCCOC(F)(F)F)o3)N(C(=O)OC(C)(C)C)C2)ccc1Cl. The van der Waals surface area contributed by atoms with Gasteiger partial charge in [0.2, 0.25) is 5.89 Å². The summed E-state index contributed by atoms with van der Waals surface area (Å²) in [6, 6.07) is 3.83. The van der Waals surface area contributed by atoms with Gasteiger partial charge in [-0.05, 0) is 64.3 Å². The van der Waals surface area contributed by atoms with Crippen LogP contribution in [-0.2, 0) is 9.47 Å². The first-order chi connectivity index (χ1) is 17.2. The van der Waals surface area contributed by atoms with E-state index in [0.717, 1.165) is 5.56 Å². The number of carbonyl (C=O) groups excluding carboxylic acids is 2. The van der Waals surface area contributed by atoms with Gasteiger partial charge in [0.1, 0.15) is 18.2 Å². The van der Waals surface area contributed by atoms with Crippen molar-refractivity contribution in [2.24, 2.45) is 0 Å². The average molecular weight is 549 g/mol. The number of amides is 2. The van der Waals surface area contributed by atoms with E-state index in [1.54, 1.807) is 45.9 Å². The maximum Gasteiger partial charge on any atom is 0.522 e. The maximum absolute atomic E-state index is 13.0. The van der Waals surface area contributed by atoms with E-state index in [9.17, 15) is 22.8 Å². The van der Waals surface area contributed by atoms with Gasteiger partial charge in [0.05, 0.1) is 6.61 Å². The first-order valence-corrected chi connectivity index (χ1v) is 11.8. The van der Waals surface area contributed by atoms with E-state index in [-0.39, 0.29) is 24.4 Å². The van der Waals surface area contributed by atoms with Crippen molar-refractivity contribution in [2.75, 3.05) is 19.8 Å². The lowest BCUT2D eigenvalue weighted by atomic mass is 9.98. The molecule has 1 aliphatic rings. The Morgan fingerprint density at radius 1 is 1.19 bits per heavy atom. The topological polar surface area (TPSA) is 116 Å². The Morgan fingerprint density at radius 3 is 2.57 bits per heavy atom. The van der Waals surface area contributed by atoms with Gasteiger partial charge in [0, 0.05) is 23.2 Å². The molecule has 2 heterocycles. The molecule has 0 aliphatic carbocycles. The zero-order valence-corrected chi connectivity index (χ0v) is 21.5. The normalized spacial score (nSPS) is 18.4. The minimum atomic E-state index is -4.78. The van der Waals surface area contributed by atoms with E-state index in [0.29, 0.717) is 23.4 Å². The summed E-state index contributed by atoms with van der Waals surface area (Å²) in [6.07, 6.45) is -4.99. The third kappa shape index (κ3) is 8.49. The highest BCUT2D eigenvalue weighted by molar-refractivity contribution is 6.31. The van der Waals surface area contributed by atoms with Crippen molar-refractivity contribution in [3.63, 3.8) is 0 Å². The molecule has 1 aromatic heterocycles. The number of aromatic nitrogens is 2. The van der Waals surface area contributed by atoms with Crippen LogP contribution in [0.25, 0.3) is 0 Å². The van der Waals surface area contributed by atoms with Crippen LogP contribution in [0.15, 0.2) is 22.6 Å². The minimum Gasteiger partial charge on any atom is -0.447 e. The molecule has 1 aromatic carbocycles. The number of piperidine rings is 1. The van der Waals surface area contributed by atoms with E-state index in [1.165, 1.54) is 4.90 Å². The van der Waals surface area contributed by atoms with Gasteiger partial charge in [-0.25, -0.2) is 4.79 Å². The highest BCUT2D eigenvalue weighted by Crippen LogP contribution is 2.33. The number of nitrogens with zero attached hydrogens (tertiary/aromatic N) is 3. The Bertz CT molecular complexity index is 1100. The fourth-order valence-corrected chi connectivity index (χ4v) is 3.74. The molecule has 204 valence electrons. The molecular formula is C23H28ClF3N4O6. The van der Waals surface area contributed by atoms with E-state index >= 15 is 0 Å². The van der Waals surface area contributed by atoms with Crippen LogP contribution in [-0.4, -0.2) is 64.9 Å². The maximum atomic E-state index is 13.0. The van der Waals surface area contributed by atoms with Gasteiger partial charge >= 0.3 is 18.5 Å². The third-order valence-corrected chi connectivity index (χ3v) is 5.67. The summed E-state index contributed by atoms with van der Waals surface area (Å²) in [5.41, 5.74) is 0.397. The highest BCUT2D eigenvalue weighted by atomic mass is 35.5. The van der Waals surface area contributed by atoms with Crippen molar-refractivity contribution < 1.29 is 41.4 Å². The molecule has 37 heavy (non-hydrogen) atoms. The molecule has 0 bridgehead atoms. The average Bonchev–Trinajstić information content (AvgIpc) is 3.25. The summed E-state index contributed by atoms with van der Waals surface area (Å²) in [5, 5.41) is 11.0. The van der Waals surface area contributed by atoms with Crippen LogP contribution in [0.3, 0.4) is 0 Å². The molecule has 1 N–H and O–H groups in total. The Kier molecular flexibility index (Phi) is 8.90. The second kappa shape index (κ2) is 11.5. The fraction of sp³-hybridized carbons (Fsp3) is 0.565. The summed E-state index contributed by atoms with van der Waals surface area (Å²) in [6.45, 7) is 5.80. The van der Waals surface area contributed by atoms with Crippen LogP contribution in [0.4, 0.5) is 18.0 Å². The van der Waals surface area contributed by atoms with Gasteiger partial charge in [-0.2, -0.15) is 0 Å². The number of nitrogens with one attached hydrogen (secondary N) is 1. The van der Waals surface area contributed by atoms with Crippen LogP contribution in [0.1, 0.15) is 61.5 Å². The van der Waals surface area contributed by atoms with Gasteiger partial charge in [-0.15, -0.1) is 18.3 Å². The second-order valence-corrected chi connectivity index (χ2v) is 9.82. The molecule has 1 unspecified atom stereocenters. The van der Waals surface area contributed by atoms with Crippen LogP contribution in [0.2, 0.25) is 5.02 Å². The van der Waals surface area contributed by atoms with Gasteiger partial charge < -0.3 is 19.2 Å². The molecule has 0 spiro atoms. The molecule has 1 fully saturated rings. The summed E-state index contributed by atoms with van der Waals surface area (Å²) in [7, 11) is 0. The molecular weight excluding hydrogens is 521 g/mol. The van der Waals surface area contributed by atoms with Crippen LogP contribution < -0.4 is 10.1 Å². The molecule has 1 aliphatic heterocycles. The molecule has 3 rings (SSSR count). The standard InChI is InChI=1S/C23H28ClF3N4O6/c1-13-11-14(5-7-16(13)24)18(32)28-15-6-8-17(31(12-15)21(33)37-22(2,3)4)19-29-30-20(36-19)34-9-10-35-23(25,26)27/h5,7,11,15,17H,6,8-10,12H2,1-4H3,(H,28,32)/t15?,17-/m0/s1. The van der Waals surface area contributed by atoms with E-state index in [2.05, 4.69) is 20.3 Å². The van der Waals surface area contributed by atoms with E-state index in [4.69, 9.17) is 25.5 Å². The van der Waals surface area contributed by atoms with Gasteiger partial charge in [0.25, 0.3) is 5.91 Å². The van der Waals surface area contributed by atoms with Crippen molar-refractivity contribution in [3.8, 4) is 6.08 Å². The fourth-order valence-electron chi connectivity index (χ4n) is 3.62. The van der Waals surface area contributed by atoms with Crippen molar-refractivity contribution >= 4 is 23.6 Å². The quantitative estimate of drug-likeness (QED) is 0.490. The number of halogens is 4. The molecule has 1 saturated heterocycles. The minimum absolute atomic E-state index is 0.0238. The smallest absolute Gasteiger partial charge is 0.447 e. The summed E-state index contributed by atoms with van der Waals surface area (Å²) in [4.78, 5) is 27.2. The summed E-state index contributed by atoms with van der Waals surface area (Å²) < 4.78 is 55.9. The number of benzene rings is 1. The van der Waals surface area contributed by atoms with Crippen molar-refractivity contribution in [2.45, 2.75) is 64.6 Å². The molecule has 14 heteroatoms. The second-order valence-electron chi connectivity index (χ2n) is 9.41. The molecule has 2 amide bonds. The largest absolute Gasteiger partial charge is 0.522 e. The third-order valence-electron chi connectivity index (χ3n) is 5.25. The van der Waals surface area contributed by atoms with Crippen LogP contribution in [0, 0.1) is 6.92 Å². The van der Waals surface area contributed by atoms with Crippen LogP contribution in [0.5, 0.6) is 6.08 Å². The monoisotopic (exact) mass is 548 g/mol. The Morgan fingerprint density at radius 2 is 1.92 bits per heavy atom. The summed E-state index contributed by atoms with van der Waals surface area (Å²) >= 11 is 6.04. The first kappa shape index (κ1) is 28.5. The Balaban J connectivity index is 1.69. The number of ether oxygens (including phenoxy) is 3. The zero-order valence-electron chi connectivity index (χ0n) is 20.7. The Hall–Kier alpha value is -3.06. The predicted molar refractivity (Wildman–Crippen MR) is 124 cm³/mol. The molecule has 0 saturated carbocycles. The highest BCUT2D eigenvalue weighted by Gasteiger charge is 2.39. The first-order valence-electron chi connectivity index (χ1n) is 11.5. The number of rotatable bonds is 7. The number of hydrogen-bond acceptors (Lipinski definition) is 8. The lowest BCUT2D eigenvalue weighted by Crippen LogP contribution is -2.52.